The number of hydrogen-bond donors (Lipinski definition) is 1. The van der Waals surface area contributed by atoms with Crippen LogP contribution in [0.15, 0.2) is 18.2 Å². The third kappa shape index (κ3) is 4.12. The van der Waals surface area contributed by atoms with Gasteiger partial charge in [0.1, 0.15) is 0 Å². The average molecular weight is 242 g/mol. The van der Waals surface area contributed by atoms with Crippen LogP contribution in [-0.4, -0.2) is 25.6 Å². The predicted molar refractivity (Wildman–Crippen MR) is 69.1 cm³/mol. The molecule has 0 fully saturated rings. The fourth-order valence-corrected chi connectivity index (χ4v) is 1.73. The molecule has 1 aromatic carbocycles. The number of ether oxygens (including phenoxy) is 1. The summed E-state index contributed by atoms with van der Waals surface area (Å²) >= 11 is 5.83. The summed E-state index contributed by atoms with van der Waals surface area (Å²) in [6.07, 6.45) is 0. The lowest BCUT2D eigenvalue weighted by molar-refractivity contribution is 0.172. The largest absolute Gasteiger partial charge is 0.383 e. The van der Waals surface area contributed by atoms with E-state index in [0.29, 0.717) is 12.5 Å². The summed E-state index contributed by atoms with van der Waals surface area (Å²) in [5, 5.41) is 3.38. The molecule has 0 bridgehead atoms. The van der Waals surface area contributed by atoms with E-state index < -0.39 is 0 Å². The second-order valence-corrected chi connectivity index (χ2v) is 4.41. The predicted octanol–water partition coefficient (Wildman–Crippen LogP) is 2.65. The molecule has 0 aliphatic carbocycles. The molecular weight excluding hydrogens is 222 g/mol. The SMILES string of the molecule is COCC(CCl)NCc1ccc(C)c(C)c1. The van der Waals surface area contributed by atoms with Gasteiger partial charge >= 0.3 is 0 Å². The molecule has 1 rings (SSSR count). The topological polar surface area (TPSA) is 21.3 Å². The summed E-state index contributed by atoms with van der Waals surface area (Å²) in [7, 11) is 1.69. The quantitative estimate of drug-likeness (QED) is 0.774. The van der Waals surface area contributed by atoms with E-state index in [0.717, 1.165) is 6.54 Å². The van der Waals surface area contributed by atoms with Gasteiger partial charge in [0.05, 0.1) is 6.61 Å². The lowest BCUT2D eigenvalue weighted by Crippen LogP contribution is -2.34. The fourth-order valence-electron chi connectivity index (χ4n) is 1.53. The number of rotatable bonds is 6. The van der Waals surface area contributed by atoms with Gasteiger partial charge in [-0.05, 0) is 30.5 Å². The zero-order chi connectivity index (χ0) is 12.0. The van der Waals surface area contributed by atoms with Crippen LogP contribution in [0.1, 0.15) is 16.7 Å². The zero-order valence-electron chi connectivity index (χ0n) is 10.2. The second-order valence-electron chi connectivity index (χ2n) is 4.11. The highest BCUT2D eigenvalue weighted by Crippen LogP contribution is 2.09. The summed E-state index contributed by atoms with van der Waals surface area (Å²) in [5.41, 5.74) is 3.94. The minimum absolute atomic E-state index is 0.216. The van der Waals surface area contributed by atoms with Gasteiger partial charge in [-0.15, -0.1) is 11.6 Å². The van der Waals surface area contributed by atoms with E-state index in [9.17, 15) is 0 Å². The number of hydrogen-bond acceptors (Lipinski definition) is 2. The first-order valence-corrected chi connectivity index (χ1v) is 6.05. The normalized spacial score (nSPS) is 12.8. The standard InChI is InChI=1S/C13H20ClNO/c1-10-4-5-12(6-11(10)2)8-15-13(7-14)9-16-3/h4-6,13,15H,7-9H2,1-3H3. The van der Waals surface area contributed by atoms with E-state index in [1.807, 2.05) is 0 Å². The number of benzene rings is 1. The molecule has 1 unspecified atom stereocenters. The zero-order valence-corrected chi connectivity index (χ0v) is 11.0. The molecule has 0 spiro atoms. The van der Waals surface area contributed by atoms with Crippen molar-refractivity contribution in [3.8, 4) is 0 Å². The molecule has 16 heavy (non-hydrogen) atoms. The Morgan fingerprint density at radius 1 is 1.31 bits per heavy atom. The third-order valence-corrected chi connectivity index (χ3v) is 3.09. The van der Waals surface area contributed by atoms with Gasteiger partial charge in [0.15, 0.2) is 0 Å². The van der Waals surface area contributed by atoms with Gasteiger partial charge in [-0.2, -0.15) is 0 Å². The van der Waals surface area contributed by atoms with Crippen molar-refractivity contribution in [3.05, 3.63) is 34.9 Å². The van der Waals surface area contributed by atoms with Crippen LogP contribution in [0.25, 0.3) is 0 Å². The van der Waals surface area contributed by atoms with Crippen LogP contribution in [0.2, 0.25) is 0 Å². The first-order chi connectivity index (χ1) is 7.67. The molecule has 90 valence electrons. The molecule has 1 aromatic rings. The Bertz CT molecular complexity index is 328. The van der Waals surface area contributed by atoms with Crippen molar-refractivity contribution < 1.29 is 4.74 Å². The van der Waals surface area contributed by atoms with E-state index in [-0.39, 0.29) is 6.04 Å². The van der Waals surface area contributed by atoms with Crippen LogP contribution in [0.4, 0.5) is 0 Å². The van der Waals surface area contributed by atoms with Crippen molar-refractivity contribution in [3.63, 3.8) is 0 Å². The van der Waals surface area contributed by atoms with E-state index in [1.54, 1.807) is 7.11 Å². The van der Waals surface area contributed by atoms with Gasteiger partial charge in [-0.3, -0.25) is 0 Å². The van der Waals surface area contributed by atoms with Crippen LogP contribution >= 0.6 is 11.6 Å². The summed E-state index contributed by atoms with van der Waals surface area (Å²) in [4.78, 5) is 0. The van der Waals surface area contributed by atoms with Crippen LogP contribution in [0.3, 0.4) is 0 Å². The molecule has 0 aliphatic rings. The van der Waals surface area contributed by atoms with Crippen molar-refractivity contribution in [2.45, 2.75) is 26.4 Å². The number of nitrogens with one attached hydrogen (secondary N) is 1. The van der Waals surface area contributed by atoms with Gasteiger partial charge in [0.2, 0.25) is 0 Å². The monoisotopic (exact) mass is 241 g/mol. The maximum absolute atomic E-state index is 5.83. The van der Waals surface area contributed by atoms with Gasteiger partial charge in [0.25, 0.3) is 0 Å². The van der Waals surface area contributed by atoms with Crippen LogP contribution in [0.5, 0.6) is 0 Å². The minimum atomic E-state index is 0.216. The molecule has 0 saturated carbocycles. The highest BCUT2D eigenvalue weighted by molar-refractivity contribution is 6.18. The molecule has 1 N–H and O–H groups in total. The smallest absolute Gasteiger partial charge is 0.0627 e. The van der Waals surface area contributed by atoms with Crippen molar-refractivity contribution in [1.82, 2.24) is 5.32 Å². The Morgan fingerprint density at radius 2 is 2.06 bits per heavy atom. The first kappa shape index (κ1) is 13.5. The van der Waals surface area contributed by atoms with E-state index in [2.05, 4.69) is 37.4 Å². The molecule has 0 aliphatic heterocycles. The van der Waals surface area contributed by atoms with Crippen LogP contribution < -0.4 is 5.32 Å². The summed E-state index contributed by atoms with van der Waals surface area (Å²) in [5.74, 6) is 0.568. The molecule has 2 nitrogen and oxygen atoms in total. The molecule has 1 atom stereocenters. The molecule has 0 radical (unpaired) electrons. The van der Waals surface area contributed by atoms with Crippen molar-refractivity contribution in [2.24, 2.45) is 0 Å². The lowest BCUT2D eigenvalue weighted by Gasteiger charge is -2.15. The van der Waals surface area contributed by atoms with Crippen molar-refractivity contribution in [2.75, 3.05) is 19.6 Å². The Hall–Kier alpha value is -0.570. The highest BCUT2D eigenvalue weighted by Gasteiger charge is 2.05. The van der Waals surface area contributed by atoms with Crippen molar-refractivity contribution in [1.29, 1.82) is 0 Å². The fraction of sp³-hybridized carbons (Fsp3) is 0.538. The number of alkyl halides is 1. The Labute approximate surface area is 103 Å². The maximum atomic E-state index is 5.83. The first-order valence-electron chi connectivity index (χ1n) is 5.51. The summed E-state index contributed by atoms with van der Waals surface area (Å²) in [6.45, 7) is 5.74. The molecule has 0 aromatic heterocycles. The van der Waals surface area contributed by atoms with E-state index >= 15 is 0 Å². The van der Waals surface area contributed by atoms with Gasteiger partial charge < -0.3 is 10.1 Å². The van der Waals surface area contributed by atoms with Crippen molar-refractivity contribution >= 4 is 11.6 Å². The van der Waals surface area contributed by atoms with Crippen LogP contribution in [-0.2, 0) is 11.3 Å². The second kappa shape index (κ2) is 6.89. The molecular formula is C13H20ClNO. The van der Waals surface area contributed by atoms with Crippen LogP contribution in [0, 0.1) is 13.8 Å². The maximum Gasteiger partial charge on any atom is 0.0627 e. The van der Waals surface area contributed by atoms with E-state index in [4.69, 9.17) is 16.3 Å². The number of halogens is 1. The van der Waals surface area contributed by atoms with E-state index in [1.165, 1.54) is 16.7 Å². The van der Waals surface area contributed by atoms with Gasteiger partial charge in [0, 0.05) is 25.6 Å². The summed E-state index contributed by atoms with van der Waals surface area (Å²) in [6, 6.07) is 6.72. The third-order valence-electron chi connectivity index (χ3n) is 2.72. The molecule has 3 heteroatoms. The Morgan fingerprint density at radius 3 is 2.62 bits per heavy atom. The van der Waals surface area contributed by atoms with Gasteiger partial charge in [-0.1, -0.05) is 18.2 Å². The minimum Gasteiger partial charge on any atom is -0.383 e. The highest BCUT2D eigenvalue weighted by atomic mass is 35.5. The molecule has 0 amide bonds. The average Bonchev–Trinajstić information content (AvgIpc) is 2.28. The number of aryl methyl sites for hydroxylation is 2. The Balaban J connectivity index is 2.50. The molecule has 0 saturated heterocycles. The Kier molecular flexibility index (Phi) is 5.81. The molecule has 0 heterocycles. The lowest BCUT2D eigenvalue weighted by atomic mass is 10.1. The van der Waals surface area contributed by atoms with Gasteiger partial charge in [-0.25, -0.2) is 0 Å². The summed E-state index contributed by atoms with van der Waals surface area (Å²) < 4.78 is 5.08. The number of methoxy groups -OCH3 is 1.